The summed E-state index contributed by atoms with van der Waals surface area (Å²) in [5, 5.41) is 18.4. The molecular weight excluding hydrogens is 116 g/mol. The van der Waals surface area contributed by atoms with E-state index in [2.05, 4.69) is 0 Å². The van der Waals surface area contributed by atoms with Gasteiger partial charge in [-0.15, -0.1) is 0 Å². The predicted molar refractivity (Wildman–Crippen MR) is 34.9 cm³/mol. The van der Waals surface area contributed by atoms with Crippen LogP contribution in [0.1, 0.15) is 13.8 Å². The van der Waals surface area contributed by atoms with Crippen LogP contribution in [0.25, 0.3) is 0 Å². The molecule has 0 aliphatic heterocycles. The summed E-state index contributed by atoms with van der Waals surface area (Å²) in [6, 6.07) is 0. The Balaban J connectivity index is 2.76. The van der Waals surface area contributed by atoms with Gasteiger partial charge in [0.05, 0.1) is 12.2 Å². The fourth-order valence-electron chi connectivity index (χ4n) is 0.881. The molecule has 9 heavy (non-hydrogen) atoms. The molecule has 2 unspecified atom stereocenters. The lowest BCUT2D eigenvalue weighted by Gasteiger charge is -2.26. The minimum absolute atomic E-state index is 0.389. The summed E-state index contributed by atoms with van der Waals surface area (Å²) in [6.07, 6.45) is 2.27. The van der Waals surface area contributed by atoms with Crippen molar-refractivity contribution in [2.45, 2.75) is 26.1 Å². The molecule has 0 bridgehead atoms. The molecular formula is C7H12O2. The zero-order valence-electron chi connectivity index (χ0n) is 5.70. The Morgan fingerprint density at radius 2 is 1.44 bits per heavy atom. The molecule has 0 aromatic heterocycles. The van der Waals surface area contributed by atoms with Crippen LogP contribution in [-0.4, -0.2) is 22.4 Å². The molecule has 1 rings (SSSR count). The van der Waals surface area contributed by atoms with E-state index in [1.54, 1.807) is 12.2 Å². The molecule has 2 N–H and O–H groups in total. The van der Waals surface area contributed by atoms with Crippen molar-refractivity contribution < 1.29 is 10.2 Å². The molecule has 0 saturated carbocycles. The topological polar surface area (TPSA) is 40.5 Å². The molecule has 52 valence electrons. The highest BCUT2D eigenvalue weighted by atomic mass is 16.3. The van der Waals surface area contributed by atoms with Crippen molar-refractivity contribution in [3.8, 4) is 0 Å². The Bertz CT molecular complexity index is 124. The third kappa shape index (κ3) is 0.884. The summed E-state index contributed by atoms with van der Waals surface area (Å²) in [4.78, 5) is 0. The van der Waals surface area contributed by atoms with Crippen molar-refractivity contribution in [2.24, 2.45) is 5.41 Å². The van der Waals surface area contributed by atoms with E-state index >= 15 is 0 Å². The molecule has 0 radical (unpaired) electrons. The third-order valence-corrected chi connectivity index (χ3v) is 2.00. The molecule has 0 aromatic rings. The van der Waals surface area contributed by atoms with Crippen LogP contribution in [0, 0.1) is 5.41 Å². The lowest BCUT2D eigenvalue weighted by atomic mass is 9.86. The lowest BCUT2D eigenvalue weighted by molar-refractivity contribution is 0.0168. The van der Waals surface area contributed by atoms with Gasteiger partial charge in [-0.3, -0.25) is 0 Å². The van der Waals surface area contributed by atoms with E-state index in [4.69, 9.17) is 0 Å². The first kappa shape index (κ1) is 6.78. The van der Waals surface area contributed by atoms with E-state index in [1.807, 2.05) is 13.8 Å². The van der Waals surface area contributed by atoms with Gasteiger partial charge in [-0.25, -0.2) is 0 Å². The zero-order chi connectivity index (χ0) is 7.07. The molecule has 0 spiro atoms. The van der Waals surface area contributed by atoms with Crippen molar-refractivity contribution in [3.63, 3.8) is 0 Å². The molecule has 0 fully saturated rings. The van der Waals surface area contributed by atoms with Gasteiger partial charge < -0.3 is 10.2 Å². The first-order chi connectivity index (χ1) is 4.05. The lowest BCUT2D eigenvalue weighted by Crippen LogP contribution is -2.33. The van der Waals surface area contributed by atoms with Gasteiger partial charge in [0.25, 0.3) is 0 Å². The molecule has 2 nitrogen and oxygen atoms in total. The maximum Gasteiger partial charge on any atom is 0.0800 e. The van der Waals surface area contributed by atoms with Gasteiger partial charge in [0, 0.05) is 5.41 Å². The van der Waals surface area contributed by atoms with Gasteiger partial charge in [0.15, 0.2) is 0 Å². The van der Waals surface area contributed by atoms with Crippen molar-refractivity contribution in [3.05, 3.63) is 12.2 Å². The molecule has 2 heteroatoms. The highest BCUT2D eigenvalue weighted by molar-refractivity contribution is 5.12. The smallest absolute Gasteiger partial charge is 0.0800 e. The first-order valence-corrected chi connectivity index (χ1v) is 3.09. The first-order valence-electron chi connectivity index (χ1n) is 3.09. The van der Waals surface area contributed by atoms with Gasteiger partial charge in [0.2, 0.25) is 0 Å². The minimum atomic E-state index is -0.493. The second-order valence-corrected chi connectivity index (χ2v) is 3.10. The predicted octanol–water partition coefficient (Wildman–Crippen LogP) is 0.304. The van der Waals surface area contributed by atoms with Crippen LogP contribution in [0.15, 0.2) is 12.2 Å². The number of hydrogen-bond acceptors (Lipinski definition) is 2. The minimum Gasteiger partial charge on any atom is -0.388 e. The number of aliphatic hydroxyl groups excluding tert-OH is 2. The molecule has 0 saturated heterocycles. The van der Waals surface area contributed by atoms with Crippen LogP contribution in [0.5, 0.6) is 0 Å². The maximum atomic E-state index is 9.18. The van der Waals surface area contributed by atoms with Crippen LogP contribution < -0.4 is 0 Å². The number of aliphatic hydroxyl groups is 2. The molecule has 1 aliphatic carbocycles. The average molecular weight is 128 g/mol. The summed E-state index contributed by atoms with van der Waals surface area (Å²) in [5.74, 6) is 0. The monoisotopic (exact) mass is 128 g/mol. The van der Waals surface area contributed by atoms with Crippen molar-refractivity contribution in [1.29, 1.82) is 0 Å². The van der Waals surface area contributed by atoms with E-state index in [1.165, 1.54) is 0 Å². The van der Waals surface area contributed by atoms with Crippen molar-refractivity contribution in [2.75, 3.05) is 0 Å². The summed E-state index contributed by atoms with van der Waals surface area (Å²) in [6.45, 7) is 3.67. The van der Waals surface area contributed by atoms with Crippen LogP contribution >= 0.6 is 0 Å². The fraction of sp³-hybridized carbons (Fsp3) is 0.714. The van der Waals surface area contributed by atoms with Gasteiger partial charge >= 0.3 is 0 Å². The van der Waals surface area contributed by atoms with Gasteiger partial charge in [-0.1, -0.05) is 26.0 Å². The molecule has 1 aliphatic rings. The Kier molecular flexibility index (Phi) is 1.37. The molecule has 2 atom stereocenters. The highest BCUT2D eigenvalue weighted by Gasteiger charge is 2.36. The Morgan fingerprint density at radius 3 is 1.56 bits per heavy atom. The fourth-order valence-corrected chi connectivity index (χ4v) is 0.881. The van der Waals surface area contributed by atoms with Crippen LogP contribution in [0.3, 0.4) is 0 Å². The summed E-state index contributed by atoms with van der Waals surface area (Å²) >= 11 is 0. The second-order valence-electron chi connectivity index (χ2n) is 3.10. The van der Waals surface area contributed by atoms with Crippen LogP contribution in [0.4, 0.5) is 0 Å². The van der Waals surface area contributed by atoms with Gasteiger partial charge in [0.1, 0.15) is 0 Å². The van der Waals surface area contributed by atoms with E-state index < -0.39 is 12.2 Å². The number of rotatable bonds is 0. The largest absolute Gasteiger partial charge is 0.388 e. The quantitative estimate of drug-likeness (QED) is 0.461. The Hall–Kier alpha value is -0.340. The van der Waals surface area contributed by atoms with E-state index in [0.717, 1.165) is 0 Å². The third-order valence-electron chi connectivity index (χ3n) is 2.00. The molecule has 0 amide bonds. The van der Waals surface area contributed by atoms with E-state index in [-0.39, 0.29) is 5.41 Å². The summed E-state index contributed by atoms with van der Waals surface area (Å²) in [7, 11) is 0. The highest BCUT2D eigenvalue weighted by Crippen LogP contribution is 2.32. The van der Waals surface area contributed by atoms with Crippen molar-refractivity contribution >= 4 is 0 Å². The van der Waals surface area contributed by atoms with Crippen LogP contribution in [-0.2, 0) is 0 Å². The summed E-state index contributed by atoms with van der Waals surface area (Å²) < 4.78 is 0. The van der Waals surface area contributed by atoms with E-state index in [9.17, 15) is 10.2 Å². The number of hydrogen-bond donors (Lipinski definition) is 2. The standard InChI is InChI=1S/C7H12O2/c1-7(2)5(8)3-4-6(7)9/h3-6,8-9H,1-2H3. The summed E-state index contributed by atoms with van der Waals surface area (Å²) in [5.41, 5.74) is -0.389. The van der Waals surface area contributed by atoms with Crippen molar-refractivity contribution in [1.82, 2.24) is 0 Å². The average Bonchev–Trinajstić information content (AvgIpc) is 1.96. The Morgan fingerprint density at radius 1 is 1.11 bits per heavy atom. The SMILES string of the molecule is CC1(C)C(O)C=CC1O. The maximum absolute atomic E-state index is 9.18. The van der Waals surface area contributed by atoms with E-state index in [0.29, 0.717) is 0 Å². The van der Waals surface area contributed by atoms with Gasteiger partial charge in [-0.05, 0) is 0 Å². The molecule has 0 aromatic carbocycles. The molecule has 0 heterocycles. The zero-order valence-corrected chi connectivity index (χ0v) is 5.70. The van der Waals surface area contributed by atoms with Crippen LogP contribution in [0.2, 0.25) is 0 Å². The normalized spacial score (nSPS) is 39.6. The Labute approximate surface area is 54.8 Å². The second kappa shape index (κ2) is 1.82. The van der Waals surface area contributed by atoms with Gasteiger partial charge in [-0.2, -0.15) is 0 Å².